The molecule has 25 heavy (non-hydrogen) atoms. The van der Waals surface area contributed by atoms with Crippen molar-refractivity contribution in [2.75, 3.05) is 5.32 Å². The molecule has 0 fully saturated rings. The summed E-state index contributed by atoms with van der Waals surface area (Å²) in [4.78, 5) is 14.4. The van der Waals surface area contributed by atoms with Crippen molar-refractivity contribution in [2.24, 2.45) is 5.92 Å². The summed E-state index contributed by atoms with van der Waals surface area (Å²) < 4.78 is 0. The Balaban J connectivity index is 1.52. The van der Waals surface area contributed by atoms with Crippen LogP contribution in [0.5, 0.6) is 0 Å². The Morgan fingerprint density at radius 1 is 1.28 bits per heavy atom. The van der Waals surface area contributed by atoms with Crippen LogP contribution in [0.15, 0.2) is 30.3 Å². The third-order valence-electron chi connectivity index (χ3n) is 4.46. The number of anilines is 1. The van der Waals surface area contributed by atoms with Crippen molar-refractivity contribution in [1.82, 2.24) is 10.9 Å². The highest BCUT2D eigenvalue weighted by atomic mass is 32.1. The van der Waals surface area contributed by atoms with Crippen molar-refractivity contribution >= 4 is 40.3 Å². The lowest BCUT2D eigenvalue weighted by Gasteiger charge is -2.16. The topological polar surface area (TPSA) is 53.2 Å². The Morgan fingerprint density at radius 3 is 2.76 bits per heavy atom. The Morgan fingerprint density at radius 2 is 2.04 bits per heavy atom. The number of thiophene rings is 1. The average molecular weight is 374 g/mol. The molecule has 0 unspecified atom stereocenters. The molecule has 3 rings (SSSR count). The number of carbonyl (C=O) groups excluding carboxylic acids is 1. The van der Waals surface area contributed by atoms with Crippen LogP contribution < -0.4 is 16.2 Å². The van der Waals surface area contributed by atoms with Gasteiger partial charge in [-0.15, -0.1) is 11.3 Å². The molecule has 0 aliphatic heterocycles. The molecule has 1 aromatic heterocycles. The highest BCUT2D eigenvalue weighted by molar-refractivity contribution is 7.80. The van der Waals surface area contributed by atoms with E-state index in [2.05, 4.69) is 42.1 Å². The second-order valence-corrected chi connectivity index (χ2v) is 8.04. The molecule has 1 aromatic carbocycles. The van der Waals surface area contributed by atoms with Crippen LogP contribution in [0.2, 0.25) is 0 Å². The summed E-state index contributed by atoms with van der Waals surface area (Å²) in [6, 6.07) is 10.1. The lowest BCUT2D eigenvalue weighted by molar-refractivity contribution is 0.0948. The molecule has 2 aromatic rings. The molecule has 0 saturated heterocycles. The summed E-state index contributed by atoms with van der Waals surface area (Å²) in [5, 5.41) is 3.43. The smallest absolute Gasteiger partial charge is 0.279 e. The van der Waals surface area contributed by atoms with Gasteiger partial charge in [0.25, 0.3) is 5.91 Å². The maximum Gasteiger partial charge on any atom is 0.279 e. The normalized spacial score (nSPS) is 16.0. The van der Waals surface area contributed by atoms with Gasteiger partial charge in [0.1, 0.15) is 0 Å². The lowest BCUT2D eigenvalue weighted by atomic mass is 9.90. The molecule has 0 saturated carbocycles. The number of aryl methyl sites for hydroxylation is 2. The van der Waals surface area contributed by atoms with Crippen molar-refractivity contribution in [2.45, 2.75) is 39.5 Å². The molecule has 0 bridgehead atoms. The van der Waals surface area contributed by atoms with Crippen LogP contribution in [-0.4, -0.2) is 11.0 Å². The quantitative estimate of drug-likeness (QED) is 0.561. The number of benzene rings is 1. The fourth-order valence-electron chi connectivity index (χ4n) is 2.98. The number of nitrogens with one attached hydrogen (secondary N) is 3. The summed E-state index contributed by atoms with van der Waals surface area (Å²) >= 11 is 6.82. The van der Waals surface area contributed by atoms with Gasteiger partial charge in [0.05, 0.1) is 4.88 Å². The van der Waals surface area contributed by atoms with Gasteiger partial charge in [-0.3, -0.25) is 15.6 Å². The fraction of sp³-hybridized carbons (Fsp3) is 0.368. The number of hydrogen-bond acceptors (Lipinski definition) is 3. The molecule has 6 heteroatoms. The molecule has 1 amide bonds. The van der Waals surface area contributed by atoms with Gasteiger partial charge in [0.15, 0.2) is 5.11 Å². The minimum absolute atomic E-state index is 0.141. The van der Waals surface area contributed by atoms with Gasteiger partial charge in [-0.25, -0.2) is 0 Å². The van der Waals surface area contributed by atoms with Crippen molar-refractivity contribution < 1.29 is 4.79 Å². The minimum atomic E-state index is -0.141. The maximum atomic E-state index is 12.3. The van der Waals surface area contributed by atoms with Crippen LogP contribution in [0.25, 0.3) is 0 Å². The van der Waals surface area contributed by atoms with E-state index in [0.717, 1.165) is 29.8 Å². The first-order chi connectivity index (χ1) is 12.0. The summed E-state index contributed by atoms with van der Waals surface area (Å²) in [5.41, 5.74) is 8.94. The predicted octanol–water partition coefficient (Wildman–Crippen LogP) is 4.07. The standard InChI is InChI=1S/C19H23N3OS2/c1-3-13-5-7-15(8-6-13)20-19(24)22-21-18(23)17-11-14-10-12(2)4-9-16(14)25-17/h5-8,11-12H,3-4,9-10H2,1-2H3,(H,21,23)(H2,20,22,24)/t12-/m0/s1. The van der Waals surface area contributed by atoms with Gasteiger partial charge < -0.3 is 5.32 Å². The van der Waals surface area contributed by atoms with Crippen LogP contribution in [0.3, 0.4) is 0 Å². The van der Waals surface area contributed by atoms with E-state index < -0.39 is 0 Å². The Labute approximate surface area is 158 Å². The van der Waals surface area contributed by atoms with Gasteiger partial charge in [-0.1, -0.05) is 26.0 Å². The van der Waals surface area contributed by atoms with Gasteiger partial charge in [-0.05, 0) is 73.1 Å². The fourth-order valence-corrected chi connectivity index (χ4v) is 4.25. The van der Waals surface area contributed by atoms with Gasteiger partial charge >= 0.3 is 0 Å². The van der Waals surface area contributed by atoms with E-state index >= 15 is 0 Å². The molecular formula is C19H23N3OS2. The Hall–Kier alpha value is -1.92. The first kappa shape index (κ1) is 17.9. The van der Waals surface area contributed by atoms with Crippen molar-refractivity contribution in [3.63, 3.8) is 0 Å². The van der Waals surface area contributed by atoms with E-state index in [4.69, 9.17) is 12.2 Å². The van der Waals surface area contributed by atoms with Crippen LogP contribution in [0, 0.1) is 5.92 Å². The first-order valence-electron chi connectivity index (χ1n) is 8.63. The summed E-state index contributed by atoms with van der Waals surface area (Å²) in [6.45, 7) is 4.38. The Kier molecular flexibility index (Phi) is 5.71. The summed E-state index contributed by atoms with van der Waals surface area (Å²) in [5.74, 6) is 0.560. The number of carbonyl (C=O) groups is 1. The summed E-state index contributed by atoms with van der Waals surface area (Å²) in [6.07, 6.45) is 4.36. The zero-order valence-electron chi connectivity index (χ0n) is 14.5. The molecule has 1 aliphatic rings. The highest BCUT2D eigenvalue weighted by Crippen LogP contribution is 2.32. The lowest BCUT2D eigenvalue weighted by Crippen LogP contribution is -2.43. The third-order valence-corrected chi connectivity index (χ3v) is 5.90. The van der Waals surface area contributed by atoms with Crippen LogP contribution in [-0.2, 0) is 19.3 Å². The van der Waals surface area contributed by atoms with Crippen LogP contribution >= 0.6 is 23.6 Å². The van der Waals surface area contributed by atoms with Gasteiger partial charge in [-0.2, -0.15) is 0 Å². The monoisotopic (exact) mass is 373 g/mol. The van der Waals surface area contributed by atoms with Crippen molar-refractivity contribution in [3.05, 3.63) is 51.2 Å². The number of amides is 1. The molecule has 1 heterocycles. The number of thiocarbonyl (C=S) groups is 1. The number of hydrogen-bond donors (Lipinski definition) is 3. The average Bonchev–Trinajstić information content (AvgIpc) is 3.03. The molecule has 0 radical (unpaired) electrons. The van der Waals surface area contributed by atoms with E-state index in [0.29, 0.717) is 11.0 Å². The van der Waals surface area contributed by atoms with Crippen molar-refractivity contribution in [3.8, 4) is 0 Å². The van der Waals surface area contributed by atoms with E-state index in [1.54, 1.807) is 11.3 Å². The maximum absolute atomic E-state index is 12.3. The van der Waals surface area contributed by atoms with Crippen LogP contribution in [0.4, 0.5) is 5.69 Å². The van der Waals surface area contributed by atoms with E-state index in [1.807, 2.05) is 18.2 Å². The van der Waals surface area contributed by atoms with Crippen molar-refractivity contribution in [1.29, 1.82) is 0 Å². The molecular weight excluding hydrogens is 350 g/mol. The van der Waals surface area contributed by atoms with Gasteiger partial charge in [0.2, 0.25) is 0 Å². The molecule has 1 atom stereocenters. The minimum Gasteiger partial charge on any atom is -0.331 e. The zero-order valence-corrected chi connectivity index (χ0v) is 16.2. The van der Waals surface area contributed by atoms with E-state index in [1.165, 1.54) is 22.4 Å². The van der Waals surface area contributed by atoms with Crippen LogP contribution in [0.1, 0.15) is 45.9 Å². The highest BCUT2D eigenvalue weighted by Gasteiger charge is 2.20. The van der Waals surface area contributed by atoms with Gasteiger partial charge in [0, 0.05) is 10.6 Å². The zero-order chi connectivity index (χ0) is 17.8. The molecule has 1 aliphatic carbocycles. The molecule has 4 nitrogen and oxygen atoms in total. The number of fused-ring (bicyclic) bond motifs is 1. The summed E-state index contributed by atoms with van der Waals surface area (Å²) in [7, 11) is 0. The van der Waals surface area contributed by atoms with E-state index in [-0.39, 0.29) is 5.91 Å². The molecule has 132 valence electrons. The van der Waals surface area contributed by atoms with E-state index in [9.17, 15) is 4.79 Å². The first-order valence-corrected chi connectivity index (χ1v) is 9.85. The Bertz CT molecular complexity index is 767. The largest absolute Gasteiger partial charge is 0.331 e. The number of rotatable bonds is 3. The molecule has 3 N–H and O–H groups in total. The SMILES string of the molecule is CCc1ccc(NC(=S)NNC(=O)c2cc3c(s2)CC[C@H](C)C3)cc1. The second kappa shape index (κ2) is 7.97. The number of hydrazine groups is 1. The third kappa shape index (κ3) is 4.58. The second-order valence-electron chi connectivity index (χ2n) is 6.49. The predicted molar refractivity (Wildman–Crippen MR) is 108 cm³/mol. The molecule has 0 spiro atoms.